The highest BCUT2D eigenvalue weighted by Gasteiger charge is 2.10. The first-order valence-corrected chi connectivity index (χ1v) is 7.35. The van der Waals surface area contributed by atoms with Crippen molar-refractivity contribution in [2.24, 2.45) is 0 Å². The lowest BCUT2D eigenvalue weighted by Gasteiger charge is -2.11. The minimum absolute atomic E-state index is 0.637. The van der Waals surface area contributed by atoms with Crippen LogP contribution >= 0.6 is 0 Å². The van der Waals surface area contributed by atoms with Crippen LogP contribution in [-0.4, -0.2) is 30.2 Å². The van der Waals surface area contributed by atoms with Crippen LogP contribution in [0.5, 0.6) is 0 Å². The fourth-order valence-electron chi connectivity index (χ4n) is 2.43. The molecule has 0 bridgehead atoms. The molecule has 1 N–H and O–H groups in total. The molecule has 0 fully saturated rings. The summed E-state index contributed by atoms with van der Waals surface area (Å²) in [6.07, 6.45) is 0. The van der Waals surface area contributed by atoms with Gasteiger partial charge in [0.2, 0.25) is 0 Å². The van der Waals surface area contributed by atoms with Gasteiger partial charge in [-0.25, -0.2) is 9.97 Å². The van der Waals surface area contributed by atoms with E-state index in [2.05, 4.69) is 24.4 Å². The Balaban J connectivity index is 2.10. The molecule has 0 spiro atoms. The molecule has 0 atom stereocenters. The van der Waals surface area contributed by atoms with Crippen LogP contribution in [0.25, 0.3) is 22.3 Å². The molecule has 0 aliphatic heterocycles. The largest absolute Gasteiger partial charge is 0.383 e. The molecule has 22 heavy (non-hydrogen) atoms. The summed E-state index contributed by atoms with van der Waals surface area (Å²) in [7, 11) is 1.69. The Kier molecular flexibility index (Phi) is 4.30. The number of hydrogen-bond donors (Lipinski definition) is 1. The molecule has 0 amide bonds. The maximum absolute atomic E-state index is 5.10. The van der Waals surface area contributed by atoms with Crippen molar-refractivity contribution in [1.29, 1.82) is 0 Å². The quantitative estimate of drug-likeness (QED) is 0.729. The van der Waals surface area contributed by atoms with Crippen molar-refractivity contribution in [2.75, 3.05) is 25.6 Å². The Bertz CT molecular complexity index is 786. The summed E-state index contributed by atoms with van der Waals surface area (Å²) >= 11 is 0. The monoisotopic (exact) mass is 293 g/mol. The Morgan fingerprint density at radius 3 is 2.59 bits per heavy atom. The van der Waals surface area contributed by atoms with E-state index in [1.807, 2.05) is 36.4 Å². The number of aryl methyl sites for hydroxylation is 1. The molecule has 0 saturated heterocycles. The molecule has 2 aromatic carbocycles. The van der Waals surface area contributed by atoms with Crippen LogP contribution in [0.15, 0.2) is 48.5 Å². The summed E-state index contributed by atoms with van der Waals surface area (Å²) in [5.41, 5.74) is 3.17. The minimum atomic E-state index is 0.637. The molecular weight excluding hydrogens is 274 g/mol. The number of hydrogen-bond acceptors (Lipinski definition) is 4. The first kappa shape index (κ1) is 14.5. The maximum atomic E-state index is 5.10. The van der Waals surface area contributed by atoms with Crippen molar-refractivity contribution in [3.63, 3.8) is 0 Å². The van der Waals surface area contributed by atoms with Gasteiger partial charge in [-0.05, 0) is 24.6 Å². The summed E-state index contributed by atoms with van der Waals surface area (Å²) in [5.74, 6) is 1.60. The van der Waals surface area contributed by atoms with Gasteiger partial charge in [-0.2, -0.15) is 0 Å². The number of benzene rings is 2. The first-order chi connectivity index (χ1) is 10.8. The van der Waals surface area contributed by atoms with E-state index in [9.17, 15) is 0 Å². The van der Waals surface area contributed by atoms with Crippen molar-refractivity contribution in [3.8, 4) is 11.4 Å². The third-order valence-corrected chi connectivity index (χ3v) is 3.59. The Morgan fingerprint density at radius 1 is 1.00 bits per heavy atom. The lowest BCUT2D eigenvalue weighted by Crippen LogP contribution is -2.10. The van der Waals surface area contributed by atoms with Crippen LogP contribution in [0, 0.1) is 6.92 Å². The Morgan fingerprint density at radius 2 is 1.77 bits per heavy atom. The fourth-order valence-corrected chi connectivity index (χ4v) is 2.43. The summed E-state index contributed by atoms with van der Waals surface area (Å²) in [6, 6.07) is 16.2. The molecule has 4 nitrogen and oxygen atoms in total. The average molecular weight is 293 g/mol. The molecular formula is C18H19N3O. The van der Waals surface area contributed by atoms with E-state index in [4.69, 9.17) is 14.7 Å². The number of para-hydroxylation sites is 1. The summed E-state index contributed by atoms with van der Waals surface area (Å²) in [5, 5.41) is 4.37. The zero-order valence-corrected chi connectivity index (χ0v) is 12.8. The third-order valence-electron chi connectivity index (χ3n) is 3.59. The molecule has 0 aliphatic rings. The number of nitrogens with one attached hydrogen (secondary N) is 1. The van der Waals surface area contributed by atoms with E-state index < -0.39 is 0 Å². The zero-order valence-electron chi connectivity index (χ0n) is 12.8. The van der Waals surface area contributed by atoms with Crippen LogP contribution in [0.4, 0.5) is 5.82 Å². The lowest BCUT2D eigenvalue weighted by atomic mass is 10.1. The third kappa shape index (κ3) is 2.92. The van der Waals surface area contributed by atoms with Gasteiger partial charge in [-0.3, -0.25) is 0 Å². The fraction of sp³-hybridized carbons (Fsp3) is 0.222. The highest BCUT2D eigenvalue weighted by molar-refractivity contribution is 5.90. The highest BCUT2D eigenvalue weighted by Crippen LogP contribution is 2.26. The summed E-state index contributed by atoms with van der Waals surface area (Å²) in [6.45, 7) is 3.43. The first-order valence-electron chi connectivity index (χ1n) is 7.35. The Hall–Kier alpha value is -2.46. The summed E-state index contributed by atoms with van der Waals surface area (Å²) in [4.78, 5) is 9.44. The molecule has 0 unspecified atom stereocenters. The Labute approximate surface area is 130 Å². The van der Waals surface area contributed by atoms with Gasteiger partial charge in [-0.15, -0.1) is 0 Å². The van der Waals surface area contributed by atoms with Crippen LogP contribution < -0.4 is 5.32 Å². The molecule has 3 rings (SSSR count). The van der Waals surface area contributed by atoms with Gasteiger partial charge >= 0.3 is 0 Å². The van der Waals surface area contributed by atoms with Crippen LogP contribution in [-0.2, 0) is 4.74 Å². The van der Waals surface area contributed by atoms with Gasteiger partial charge in [0, 0.05) is 24.6 Å². The maximum Gasteiger partial charge on any atom is 0.162 e. The number of anilines is 1. The van der Waals surface area contributed by atoms with Crippen molar-refractivity contribution in [1.82, 2.24) is 9.97 Å². The van der Waals surface area contributed by atoms with E-state index >= 15 is 0 Å². The number of aromatic nitrogens is 2. The van der Waals surface area contributed by atoms with E-state index in [0.29, 0.717) is 13.2 Å². The predicted molar refractivity (Wildman–Crippen MR) is 90.1 cm³/mol. The number of ether oxygens (including phenoxy) is 1. The van der Waals surface area contributed by atoms with E-state index in [1.165, 1.54) is 5.56 Å². The van der Waals surface area contributed by atoms with Gasteiger partial charge in [0.05, 0.1) is 12.1 Å². The lowest BCUT2D eigenvalue weighted by molar-refractivity contribution is 0.210. The number of nitrogens with zero attached hydrogens (tertiary/aromatic N) is 2. The molecule has 4 heteroatoms. The molecule has 3 aromatic rings. The van der Waals surface area contributed by atoms with E-state index in [0.717, 1.165) is 28.1 Å². The number of fused-ring (bicyclic) bond motifs is 1. The van der Waals surface area contributed by atoms with Crippen LogP contribution in [0.1, 0.15) is 5.56 Å². The second kappa shape index (κ2) is 6.54. The predicted octanol–water partition coefficient (Wildman–Crippen LogP) is 3.66. The van der Waals surface area contributed by atoms with Gasteiger partial charge < -0.3 is 10.1 Å². The standard InChI is InChI=1S/C18H19N3O/c1-13-7-3-4-8-14(13)18-20-16-10-6-5-9-15(16)17(21-18)19-11-12-22-2/h3-10H,11-12H2,1-2H3,(H,19,20,21). The SMILES string of the molecule is COCCNc1nc(-c2ccccc2C)nc2ccccc12. The van der Waals surface area contributed by atoms with Gasteiger partial charge in [0.25, 0.3) is 0 Å². The molecule has 1 aromatic heterocycles. The molecule has 0 aliphatic carbocycles. The van der Waals surface area contributed by atoms with Gasteiger partial charge in [0.15, 0.2) is 5.82 Å². The van der Waals surface area contributed by atoms with E-state index in [-0.39, 0.29) is 0 Å². The van der Waals surface area contributed by atoms with E-state index in [1.54, 1.807) is 7.11 Å². The second-order valence-corrected chi connectivity index (χ2v) is 5.15. The van der Waals surface area contributed by atoms with Crippen LogP contribution in [0.2, 0.25) is 0 Å². The van der Waals surface area contributed by atoms with Gasteiger partial charge in [0.1, 0.15) is 5.82 Å². The zero-order chi connectivity index (χ0) is 15.4. The van der Waals surface area contributed by atoms with Crippen molar-refractivity contribution < 1.29 is 4.74 Å². The average Bonchev–Trinajstić information content (AvgIpc) is 2.55. The second-order valence-electron chi connectivity index (χ2n) is 5.15. The normalized spacial score (nSPS) is 10.8. The summed E-state index contributed by atoms with van der Waals surface area (Å²) < 4.78 is 5.10. The molecule has 112 valence electrons. The van der Waals surface area contributed by atoms with Crippen LogP contribution in [0.3, 0.4) is 0 Å². The number of rotatable bonds is 5. The topological polar surface area (TPSA) is 47.0 Å². The number of methoxy groups -OCH3 is 1. The van der Waals surface area contributed by atoms with Crippen molar-refractivity contribution in [3.05, 3.63) is 54.1 Å². The van der Waals surface area contributed by atoms with Gasteiger partial charge in [-0.1, -0.05) is 36.4 Å². The molecule has 1 heterocycles. The van der Waals surface area contributed by atoms with Crippen molar-refractivity contribution in [2.45, 2.75) is 6.92 Å². The van der Waals surface area contributed by atoms with Crippen molar-refractivity contribution >= 4 is 16.7 Å². The smallest absolute Gasteiger partial charge is 0.162 e. The highest BCUT2D eigenvalue weighted by atomic mass is 16.5. The minimum Gasteiger partial charge on any atom is -0.383 e. The molecule has 0 radical (unpaired) electrons. The molecule has 0 saturated carbocycles.